The molecule has 0 atom stereocenters. The Kier molecular flexibility index (Phi) is 1.57. The molecule has 0 nitrogen and oxygen atoms in total. The Morgan fingerprint density at radius 2 is 2.12 bits per heavy atom. The first-order valence-electron chi connectivity index (χ1n) is 2.74. The molecule has 0 aromatic heterocycles. The second kappa shape index (κ2) is 2.06. The largest absolute Gasteiger partial charge is 0.0764 e. The predicted octanol–water partition coefficient (Wildman–Crippen LogP) is 3.01. The van der Waals surface area contributed by atoms with Crippen LogP contribution in [-0.2, 0) is 0 Å². The first kappa shape index (κ1) is 6.09. The van der Waals surface area contributed by atoms with Crippen molar-refractivity contribution in [2.75, 3.05) is 0 Å². The smallest absolute Gasteiger partial charge is 0.00202 e. The zero-order valence-electron chi connectivity index (χ0n) is 5.16. The molecule has 0 radical (unpaired) electrons. The molecule has 0 amide bonds. The molecular formula is C7H9Br. The highest BCUT2D eigenvalue weighted by Crippen LogP contribution is 2.28. The highest BCUT2D eigenvalue weighted by Gasteiger charge is 2.05. The molecule has 0 N–H and O–H groups in total. The van der Waals surface area contributed by atoms with Crippen LogP contribution in [0.2, 0.25) is 0 Å². The van der Waals surface area contributed by atoms with Crippen LogP contribution in [0.3, 0.4) is 0 Å². The Hall–Kier alpha value is -0.0400. The van der Waals surface area contributed by atoms with Gasteiger partial charge in [0.2, 0.25) is 0 Å². The molecule has 0 aromatic rings. The summed E-state index contributed by atoms with van der Waals surface area (Å²) in [6.07, 6.45) is 3.33. The van der Waals surface area contributed by atoms with Crippen LogP contribution in [0.25, 0.3) is 0 Å². The number of halogens is 1. The second-order valence-electron chi connectivity index (χ2n) is 2.12. The third-order valence-corrected chi connectivity index (χ3v) is 2.50. The molecule has 1 aliphatic carbocycles. The van der Waals surface area contributed by atoms with E-state index in [0.717, 1.165) is 6.42 Å². The van der Waals surface area contributed by atoms with Gasteiger partial charge in [0.15, 0.2) is 0 Å². The molecule has 1 heteroatoms. The van der Waals surface area contributed by atoms with Crippen molar-refractivity contribution < 1.29 is 0 Å². The first-order chi connectivity index (χ1) is 3.72. The van der Waals surface area contributed by atoms with E-state index in [1.807, 2.05) is 0 Å². The van der Waals surface area contributed by atoms with Gasteiger partial charge in [-0.3, -0.25) is 0 Å². The lowest BCUT2D eigenvalue weighted by Gasteiger charge is -1.92. The Morgan fingerprint density at radius 3 is 2.25 bits per heavy atom. The molecular weight excluding hydrogens is 164 g/mol. The molecule has 44 valence electrons. The van der Waals surface area contributed by atoms with Gasteiger partial charge in [-0.1, -0.05) is 27.6 Å². The summed E-state index contributed by atoms with van der Waals surface area (Å²) in [7, 11) is 0. The maximum atomic E-state index is 3.47. The zero-order valence-corrected chi connectivity index (χ0v) is 6.75. The van der Waals surface area contributed by atoms with E-state index in [-0.39, 0.29) is 0 Å². The van der Waals surface area contributed by atoms with E-state index < -0.39 is 0 Å². The summed E-state index contributed by atoms with van der Waals surface area (Å²) < 4.78 is 1.34. The van der Waals surface area contributed by atoms with Gasteiger partial charge in [0, 0.05) is 4.48 Å². The lowest BCUT2D eigenvalue weighted by Crippen LogP contribution is -1.70. The van der Waals surface area contributed by atoms with Crippen molar-refractivity contribution in [3.63, 3.8) is 0 Å². The van der Waals surface area contributed by atoms with Crippen LogP contribution in [0.15, 0.2) is 21.7 Å². The summed E-state index contributed by atoms with van der Waals surface area (Å²) >= 11 is 3.47. The lowest BCUT2D eigenvalue weighted by molar-refractivity contribution is 1.38. The number of hydrogen-bond donors (Lipinski definition) is 0. The Bertz CT molecular complexity index is 158. The zero-order chi connectivity index (χ0) is 6.15. The molecule has 8 heavy (non-hydrogen) atoms. The van der Waals surface area contributed by atoms with Gasteiger partial charge in [-0.2, -0.15) is 0 Å². The van der Waals surface area contributed by atoms with Crippen molar-refractivity contribution in [3.05, 3.63) is 21.7 Å². The van der Waals surface area contributed by atoms with Crippen LogP contribution in [0, 0.1) is 0 Å². The summed E-state index contributed by atoms with van der Waals surface area (Å²) in [6, 6.07) is 0. The summed E-state index contributed by atoms with van der Waals surface area (Å²) in [5.74, 6) is 0. The highest BCUT2D eigenvalue weighted by molar-refractivity contribution is 9.11. The van der Waals surface area contributed by atoms with Crippen LogP contribution >= 0.6 is 15.9 Å². The van der Waals surface area contributed by atoms with Crippen molar-refractivity contribution in [2.24, 2.45) is 0 Å². The normalized spacial score (nSPS) is 19.6. The lowest BCUT2D eigenvalue weighted by atomic mass is 10.2. The van der Waals surface area contributed by atoms with Crippen LogP contribution in [0.1, 0.15) is 20.3 Å². The molecule has 1 rings (SSSR count). The maximum absolute atomic E-state index is 3.47. The van der Waals surface area contributed by atoms with Gasteiger partial charge in [0.25, 0.3) is 0 Å². The molecule has 0 spiro atoms. The summed E-state index contributed by atoms with van der Waals surface area (Å²) in [6.45, 7) is 4.28. The third kappa shape index (κ3) is 0.873. The number of allylic oxidation sites excluding steroid dienone is 4. The molecule has 1 aliphatic rings. The summed E-state index contributed by atoms with van der Waals surface area (Å²) in [5.41, 5.74) is 2.82. The monoisotopic (exact) mass is 172 g/mol. The topological polar surface area (TPSA) is 0 Å². The fourth-order valence-electron chi connectivity index (χ4n) is 0.763. The third-order valence-electron chi connectivity index (χ3n) is 1.59. The van der Waals surface area contributed by atoms with E-state index in [4.69, 9.17) is 0 Å². The van der Waals surface area contributed by atoms with E-state index in [0.29, 0.717) is 0 Å². The molecule has 0 aliphatic heterocycles. The molecule has 0 saturated heterocycles. The standard InChI is InChI=1S/C7H9Br/c1-5-3-4-7(8)6(5)2/h3H,4H2,1-2H3. The highest BCUT2D eigenvalue weighted by atomic mass is 79.9. The SMILES string of the molecule is CC1=CCC(Br)=C1C. The molecule has 0 bridgehead atoms. The minimum atomic E-state index is 1.09. The Balaban J connectivity index is 2.88. The van der Waals surface area contributed by atoms with Gasteiger partial charge < -0.3 is 0 Å². The van der Waals surface area contributed by atoms with Gasteiger partial charge >= 0.3 is 0 Å². The molecule has 0 saturated carbocycles. The van der Waals surface area contributed by atoms with Crippen molar-refractivity contribution in [2.45, 2.75) is 20.3 Å². The van der Waals surface area contributed by atoms with Gasteiger partial charge in [-0.05, 0) is 25.8 Å². The van der Waals surface area contributed by atoms with E-state index in [1.165, 1.54) is 15.6 Å². The predicted molar refractivity (Wildman–Crippen MR) is 40.0 cm³/mol. The first-order valence-corrected chi connectivity index (χ1v) is 3.53. The Labute approximate surface area is 58.4 Å². The minimum absolute atomic E-state index is 1.09. The molecule has 0 fully saturated rings. The van der Waals surface area contributed by atoms with Gasteiger partial charge in [-0.25, -0.2) is 0 Å². The minimum Gasteiger partial charge on any atom is -0.0764 e. The number of hydrogen-bond acceptors (Lipinski definition) is 0. The van der Waals surface area contributed by atoms with Crippen molar-refractivity contribution >= 4 is 15.9 Å². The number of rotatable bonds is 0. The fourth-order valence-corrected chi connectivity index (χ4v) is 1.24. The van der Waals surface area contributed by atoms with Crippen LogP contribution in [0.5, 0.6) is 0 Å². The van der Waals surface area contributed by atoms with E-state index >= 15 is 0 Å². The van der Waals surface area contributed by atoms with E-state index in [9.17, 15) is 0 Å². The molecule has 0 heterocycles. The maximum Gasteiger partial charge on any atom is 0.00202 e. The fraction of sp³-hybridized carbons (Fsp3) is 0.429. The molecule has 0 unspecified atom stereocenters. The summed E-state index contributed by atoms with van der Waals surface area (Å²) in [5, 5.41) is 0. The average molecular weight is 173 g/mol. The van der Waals surface area contributed by atoms with E-state index in [2.05, 4.69) is 35.9 Å². The van der Waals surface area contributed by atoms with Crippen LogP contribution in [-0.4, -0.2) is 0 Å². The van der Waals surface area contributed by atoms with Crippen LogP contribution < -0.4 is 0 Å². The average Bonchev–Trinajstić information content (AvgIpc) is 1.98. The van der Waals surface area contributed by atoms with Gasteiger partial charge in [-0.15, -0.1) is 0 Å². The van der Waals surface area contributed by atoms with Crippen molar-refractivity contribution in [3.8, 4) is 0 Å². The van der Waals surface area contributed by atoms with Crippen molar-refractivity contribution in [1.29, 1.82) is 0 Å². The van der Waals surface area contributed by atoms with Gasteiger partial charge in [0.1, 0.15) is 0 Å². The summed E-state index contributed by atoms with van der Waals surface area (Å²) in [4.78, 5) is 0. The Morgan fingerprint density at radius 1 is 1.50 bits per heavy atom. The van der Waals surface area contributed by atoms with Crippen LogP contribution in [0.4, 0.5) is 0 Å². The quantitative estimate of drug-likeness (QED) is 0.528. The molecule has 0 aromatic carbocycles. The van der Waals surface area contributed by atoms with E-state index in [1.54, 1.807) is 0 Å². The second-order valence-corrected chi connectivity index (χ2v) is 3.08. The van der Waals surface area contributed by atoms with Crippen molar-refractivity contribution in [1.82, 2.24) is 0 Å². The van der Waals surface area contributed by atoms with Gasteiger partial charge in [0.05, 0.1) is 0 Å².